The summed E-state index contributed by atoms with van der Waals surface area (Å²) in [5.41, 5.74) is 0.392. The first-order chi connectivity index (χ1) is 6.60. The van der Waals surface area contributed by atoms with Gasteiger partial charge in [0, 0.05) is 6.42 Å². The second kappa shape index (κ2) is 4.13. The number of ether oxygens (including phenoxy) is 3. The van der Waals surface area contributed by atoms with E-state index in [1.165, 1.54) is 14.2 Å². The number of hydrogen-bond acceptors (Lipinski definition) is 5. The number of hydrogen-bond donors (Lipinski definition) is 0. The van der Waals surface area contributed by atoms with Crippen molar-refractivity contribution in [2.75, 3.05) is 14.2 Å². The van der Waals surface area contributed by atoms with Crippen molar-refractivity contribution < 1.29 is 23.8 Å². The Morgan fingerprint density at radius 3 is 2.50 bits per heavy atom. The molecule has 0 aliphatic carbocycles. The summed E-state index contributed by atoms with van der Waals surface area (Å²) in [6.45, 7) is 1.62. The number of allylic oxidation sites excluding steroid dienone is 1. The van der Waals surface area contributed by atoms with Crippen LogP contribution in [0.2, 0.25) is 0 Å². The molecular formula is C9H12O5. The lowest BCUT2D eigenvalue weighted by Crippen LogP contribution is -2.22. The molecule has 0 bridgehead atoms. The maximum Gasteiger partial charge on any atom is 0.347 e. The Labute approximate surface area is 81.6 Å². The molecule has 5 heteroatoms. The smallest absolute Gasteiger partial charge is 0.347 e. The highest BCUT2D eigenvalue weighted by Crippen LogP contribution is 2.26. The molecule has 0 fully saturated rings. The standard InChI is InChI=1S/C9H12O5/c1-5-6(8(10)12-2)4-7(14-5)9(11)13-3/h7H,4H2,1-3H3. The van der Waals surface area contributed by atoms with Gasteiger partial charge in [-0.3, -0.25) is 0 Å². The number of esters is 2. The van der Waals surface area contributed by atoms with E-state index in [0.717, 1.165) is 0 Å². The fourth-order valence-electron chi connectivity index (χ4n) is 1.27. The maximum atomic E-state index is 11.2. The van der Waals surface area contributed by atoms with E-state index in [1.807, 2.05) is 0 Å². The summed E-state index contributed by atoms with van der Waals surface area (Å²) in [4.78, 5) is 22.3. The minimum atomic E-state index is -0.714. The molecule has 0 saturated carbocycles. The number of rotatable bonds is 2. The first kappa shape index (κ1) is 10.6. The minimum absolute atomic E-state index is 0.213. The summed E-state index contributed by atoms with van der Waals surface area (Å²) in [5.74, 6) is -0.524. The van der Waals surface area contributed by atoms with Gasteiger partial charge >= 0.3 is 11.9 Å². The number of carbonyl (C=O) groups is 2. The number of methoxy groups -OCH3 is 2. The summed E-state index contributed by atoms with van der Waals surface area (Å²) >= 11 is 0. The zero-order valence-electron chi connectivity index (χ0n) is 8.33. The first-order valence-electron chi connectivity index (χ1n) is 4.12. The van der Waals surface area contributed by atoms with Gasteiger partial charge < -0.3 is 14.2 Å². The molecule has 14 heavy (non-hydrogen) atoms. The highest BCUT2D eigenvalue weighted by Gasteiger charge is 2.33. The molecule has 0 aromatic carbocycles. The van der Waals surface area contributed by atoms with E-state index in [9.17, 15) is 9.59 Å². The minimum Gasteiger partial charge on any atom is -0.482 e. The molecule has 1 rings (SSSR count). The summed E-state index contributed by atoms with van der Waals surface area (Å²) in [6.07, 6.45) is -0.500. The third-order valence-electron chi connectivity index (χ3n) is 2.03. The summed E-state index contributed by atoms with van der Waals surface area (Å²) in [7, 11) is 2.56. The van der Waals surface area contributed by atoms with E-state index in [4.69, 9.17) is 4.74 Å². The number of carbonyl (C=O) groups excluding carboxylic acids is 2. The molecule has 0 aromatic heterocycles. The van der Waals surface area contributed by atoms with Crippen LogP contribution in [0.25, 0.3) is 0 Å². The van der Waals surface area contributed by atoms with E-state index < -0.39 is 18.0 Å². The first-order valence-corrected chi connectivity index (χ1v) is 4.12. The molecule has 1 unspecified atom stereocenters. The van der Waals surface area contributed by atoms with Gasteiger partial charge in [-0.05, 0) is 6.92 Å². The molecule has 1 heterocycles. The molecule has 0 amide bonds. The zero-order valence-corrected chi connectivity index (χ0v) is 8.33. The van der Waals surface area contributed by atoms with Crippen molar-refractivity contribution in [3.63, 3.8) is 0 Å². The van der Waals surface area contributed by atoms with Crippen LogP contribution in [0.4, 0.5) is 0 Å². The molecule has 1 aliphatic heterocycles. The Morgan fingerprint density at radius 2 is 2.00 bits per heavy atom. The fraction of sp³-hybridized carbons (Fsp3) is 0.556. The lowest BCUT2D eigenvalue weighted by molar-refractivity contribution is -0.150. The fourth-order valence-corrected chi connectivity index (χ4v) is 1.27. The van der Waals surface area contributed by atoms with Gasteiger partial charge in [-0.15, -0.1) is 0 Å². The van der Waals surface area contributed by atoms with Crippen LogP contribution in [0.15, 0.2) is 11.3 Å². The lowest BCUT2D eigenvalue weighted by atomic mass is 10.1. The van der Waals surface area contributed by atoms with Crippen LogP contribution in [-0.4, -0.2) is 32.3 Å². The van der Waals surface area contributed by atoms with Gasteiger partial charge in [-0.1, -0.05) is 0 Å². The largest absolute Gasteiger partial charge is 0.482 e. The van der Waals surface area contributed by atoms with Crippen molar-refractivity contribution in [1.29, 1.82) is 0 Å². The molecule has 0 N–H and O–H groups in total. The van der Waals surface area contributed by atoms with Crippen molar-refractivity contribution in [2.45, 2.75) is 19.4 Å². The van der Waals surface area contributed by atoms with Crippen LogP contribution in [0.3, 0.4) is 0 Å². The third-order valence-corrected chi connectivity index (χ3v) is 2.03. The van der Waals surface area contributed by atoms with Gasteiger partial charge in [0.25, 0.3) is 0 Å². The van der Waals surface area contributed by atoms with Crippen molar-refractivity contribution in [2.24, 2.45) is 0 Å². The van der Waals surface area contributed by atoms with E-state index in [1.54, 1.807) is 6.92 Å². The summed E-state index contributed by atoms with van der Waals surface area (Å²) in [6, 6.07) is 0. The van der Waals surface area contributed by atoms with Gasteiger partial charge in [0.2, 0.25) is 0 Å². The van der Waals surface area contributed by atoms with Crippen molar-refractivity contribution in [1.82, 2.24) is 0 Å². The van der Waals surface area contributed by atoms with E-state index >= 15 is 0 Å². The maximum absolute atomic E-state index is 11.2. The molecule has 0 saturated heterocycles. The topological polar surface area (TPSA) is 61.8 Å². The van der Waals surface area contributed by atoms with Crippen LogP contribution < -0.4 is 0 Å². The van der Waals surface area contributed by atoms with Crippen LogP contribution in [0.5, 0.6) is 0 Å². The predicted molar refractivity (Wildman–Crippen MR) is 46.2 cm³/mol. The Hall–Kier alpha value is -1.52. The van der Waals surface area contributed by atoms with Gasteiger partial charge in [0.05, 0.1) is 19.8 Å². The normalized spacial score (nSPS) is 20.4. The molecule has 0 aromatic rings. The van der Waals surface area contributed by atoms with Crippen molar-refractivity contribution >= 4 is 11.9 Å². The molecule has 78 valence electrons. The Morgan fingerprint density at radius 1 is 1.36 bits per heavy atom. The second-order valence-electron chi connectivity index (χ2n) is 2.86. The highest BCUT2D eigenvalue weighted by molar-refractivity contribution is 5.91. The van der Waals surface area contributed by atoms with Crippen molar-refractivity contribution in [3.8, 4) is 0 Å². The predicted octanol–water partition coefficient (Wildman–Crippen LogP) is 0.395. The van der Waals surface area contributed by atoms with Gasteiger partial charge in [-0.2, -0.15) is 0 Å². The van der Waals surface area contributed by atoms with Gasteiger partial charge in [-0.25, -0.2) is 9.59 Å². The van der Waals surface area contributed by atoms with E-state index in [-0.39, 0.29) is 6.42 Å². The second-order valence-corrected chi connectivity index (χ2v) is 2.86. The molecular weight excluding hydrogens is 188 g/mol. The summed E-state index contributed by atoms with van der Waals surface area (Å²) in [5, 5.41) is 0. The van der Waals surface area contributed by atoms with E-state index in [0.29, 0.717) is 11.3 Å². The highest BCUT2D eigenvalue weighted by atomic mass is 16.6. The van der Waals surface area contributed by atoms with Gasteiger partial charge in [0.15, 0.2) is 6.10 Å². The molecule has 1 atom stereocenters. The van der Waals surface area contributed by atoms with Crippen LogP contribution >= 0.6 is 0 Å². The lowest BCUT2D eigenvalue weighted by Gasteiger charge is -2.07. The van der Waals surface area contributed by atoms with Crippen LogP contribution in [0, 0.1) is 0 Å². The van der Waals surface area contributed by atoms with Crippen molar-refractivity contribution in [3.05, 3.63) is 11.3 Å². The Balaban J connectivity index is 2.69. The zero-order chi connectivity index (χ0) is 10.7. The Kier molecular flexibility index (Phi) is 3.11. The van der Waals surface area contributed by atoms with Gasteiger partial charge in [0.1, 0.15) is 5.76 Å². The molecule has 5 nitrogen and oxygen atoms in total. The quantitative estimate of drug-likeness (QED) is 0.603. The molecule has 0 spiro atoms. The summed E-state index contributed by atoms with van der Waals surface area (Å²) < 4.78 is 14.2. The third kappa shape index (κ3) is 1.86. The average molecular weight is 200 g/mol. The van der Waals surface area contributed by atoms with Crippen LogP contribution in [-0.2, 0) is 23.8 Å². The molecule has 1 aliphatic rings. The molecule has 0 radical (unpaired) electrons. The van der Waals surface area contributed by atoms with Crippen LogP contribution in [0.1, 0.15) is 13.3 Å². The SMILES string of the molecule is COC(=O)C1=C(C)OC(C(=O)OC)C1. The Bertz CT molecular complexity index is 292. The average Bonchev–Trinajstić information content (AvgIpc) is 2.58. The monoisotopic (exact) mass is 200 g/mol. The van der Waals surface area contributed by atoms with E-state index in [2.05, 4.69) is 9.47 Å².